The minimum absolute atomic E-state index is 0.0264. The van der Waals surface area contributed by atoms with Crippen molar-refractivity contribution in [1.82, 2.24) is 5.32 Å². The number of likely N-dealkylation sites (N-methyl/N-ethyl adjacent to an activating group) is 1. The highest BCUT2D eigenvalue weighted by Gasteiger charge is 2.30. The fourth-order valence-electron chi connectivity index (χ4n) is 9.28. The van der Waals surface area contributed by atoms with E-state index >= 15 is 0 Å². The van der Waals surface area contributed by atoms with Gasteiger partial charge in [-0.2, -0.15) is 0 Å². The maximum absolute atomic E-state index is 13.6. The lowest BCUT2D eigenvalue weighted by molar-refractivity contribution is -0.870. The lowest BCUT2D eigenvalue weighted by atomic mass is 10.0. The second-order valence-corrected chi connectivity index (χ2v) is 25.4. The number of hydrogen-bond donors (Lipinski definition) is 2. The number of unbranched alkanes of at least 4 members (excludes halogenated alkanes) is 25. The number of allylic oxidation sites excluding steroid dienone is 21. The third-order valence-electron chi connectivity index (χ3n) is 14.6. The van der Waals surface area contributed by atoms with Gasteiger partial charge in [-0.25, -0.2) is 4.57 Å². The highest BCUT2D eigenvalue weighted by atomic mass is 31.2. The van der Waals surface area contributed by atoms with Gasteiger partial charge in [0.2, 0.25) is 5.91 Å². The maximum Gasteiger partial charge on any atom is 0.472 e. The van der Waals surface area contributed by atoms with E-state index in [0.29, 0.717) is 23.9 Å². The van der Waals surface area contributed by atoms with E-state index in [4.69, 9.17) is 13.8 Å². The summed E-state index contributed by atoms with van der Waals surface area (Å²) in [5, 5.41) is 3.05. The Kier molecular flexibility index (Phi) is 60.3. The molecule has 2 N–H and O–H groups in total. The van der Waals surface area contributed by atoms with Crippen molar-refractivity contribution in [1.29, 1.82) is 0 Å². The predicted molar refractivity (Wildman–Crippen MR) is 369 cm³/mol. The van der Waals surface area contributed by atoms with Crippen LogP contribution >= 0.6 is 7.82 Å². The van der Waals surface area contributed by atoms with Gasteiger partial charge in [0.25, 0.3) is 0 Å². The Bertz CT molecular complexity index is 1920. The first-order valence-electron chi connectivity index (χ1n) is 34.5. The summed E-state index contributed by atoms with van der Waals surface area (Å²) in [6, 6.07) is -0.876. The molecule has 0 spiro atoms. The number of amides is 1. The van der Waals surface area contributed by atoms with Crippen molar-refractivity contribution in [2.24, 2.45) is 0 Å². The van der Waals surface area contributed by atoms with Gasteiger partial charge in [0, 0.05) is 12.8 Å². The van der Waals surface area contributed by atoms with Gasteiger partial charge in [0.1, 0.15) is 19.3 Å². The molecule has 0 rings (SSSR count). The summed E-state index contributed by atoms with van der Waals surface area (Å²) in [5.74, 6) is -0.548. The van der Waals surface area contributed by atoms with Gasteiger partial charge in [-0.1, -0.05) is 270 Å². The first-order chi connectivity index (χ1) is 41.4. The van der Waals surface area contributed by atoms with Crippen molar-refractivity contribution < 1.29 is 37.3 Å². The summed E-state index contributed by atoms with van der Waals surface area (Å²) in [4.78, 5) is 37.9. The average Bonchev–Trinajstić information content (AvgIpc) is 3.48. The van der Waals surface area contributed by atoms with Crippen LogP contribution in [0.4, 0.5) is 0 Å². The van der Waals surface area contributed by atoms with Crippen LogP contribution in [0.5, 0.6) is 0 Å². The summed E-state index contributed by atoms with van der Waals surface area (Å²) in [6.45, 7) is 6.84. The minimum Gasteiger partial charge on any atom is -0.456 e. The van der Waals surface area contributed by atoms with Gasteiger partial charge in [-0.3, -0.25) is 18.6 Å². The number of nitrogens with one attached hydrogen (secondary N) is 1. The second kappa shape index (κ2) is 63.2. The fourth-order valence-corrected chi connectivity index (χ4v) is 10.0. The van der Waals surface area contributed by atoms with Crippen LogP contribution in [0.15, 0.2) is 134 Å². The summed E-state index contributed by atoms with van der Waals surface area (Å²) in [5.41, 5.74) is 0. The molecule has 1 amide bonds. The van der Waals surface area contributed by atoms with Crippen LogP contribution in [0.1, 0.15) is 278 Å². The van der Waals surface area contributed by atoms with Gasteiger partial charge in [0.05, 0.1) is 33.8 Å². The number of esters is 1. The number of carbonyl (C=O) groups excluding carboxylic acids is 2. The van der Waals surface area contributed by atoms with Gasteiger partial charge in [-0.05, 0) is 128 Å². The standard InChI is InChI=1S/C75H129N2O7P/c1-7-10-13-16-19-22-25-28-30-32-34-36-37-38-39-41-43-45-47-50-53-56-59-62-65-68-75(79)84-73(66-63-60-57-54-51-48-27-24-21-18-15-12-9-3)72(71-83-85(80,81)82-70-69-77(4,5)6)76-74(78)67-64-61-58-55-52-49-46-44-42-40-35-33-31-29-26-23-20-17-14-11-8-2/h10,13,19-20,22-23,28-31,34-36,38-40,43-46,63,66,72-73H,7-9,11-12,14-18,21,24-27,32-33,37,41-42,47-62,64-65,67-71H2,1-6H3,(H-,76,78,80,81)/p+1/b13-10-,22-19-,23-20-,30-28-,31-29-,36-34-,39-38-,40-35-,45-43-,46-44-,66-63+. The number of ether oxygens (including phenoxy) is 1. The van der Waals surface area contributed by atoms with Gasteiger partial charge < -0.3 is 19.4 Å². The number of nitrogens with zero attached hydrogens (tertiary/aromatic N) is 1. The second-order valence-electron chi connectivity index (χ2n) is 24.0. The molecule has 486 valence electrons. The van der Waals surface area contributed by atoms with Crippen molar-refractivity contribution in [3.63, 3.8) is 0 Å². The Morgan fingerprint density at radius 1 is 0.424 bits per heavy atom. The quantitative estimate of drug-likeness (QED) is 0.0205. The Hall–Kier alpha value is -3.85. The average molecular weight is 1200 g/mol. The van der Waals surface area contributed by atoms with E-state index in [1.165, 1.54) is 83.5 Å². The first-order valence-corrected chi connectivity index (χ1v) is 36.0. The van der Waals surface area contributed by atoms with Crippen molar-refractivity contribution >= 4 is 19.7 Å². The lowest BCUT2D eigenvalue weighted by Crippen LogP contribution is -2.47. The van der Waals surface area contributed by atoms with Crippen LogP contribution in [-0.4, -0.2) is 74.3 Å². The molecule has 3 unspecified atom stereocenters. The molecule has 0 aromatic heterocycles. The number of quaternary nitrogens is 1. The maximum atomic E-state index is 13.6. The van der Waals surface area contributed by atoms with E-state index in [9.17, 15) is 19.0 Å². The SMILES string of the molecule is CC/C=C\C/C=C\C/C=C\C/C=C\C/C=C\C/C=C\CCCCCCCCC(=O)OC(/C=C/CCCCCCCCCCCCC)C(COP(=O)(O)OCC[N+](C)(C)C)NC(=O)CCCCCCC/C=C\C/C=C\C/C=C\C/C=C\CCCCC. The van der Waals surface area contributed by atoms with E-state index in [1.54, 1.807) is 0 Å². The molecule has 0 heterocycles. The Labute approximate surface area is 524 Å². The molecule has 0 aromatic rings. The molecule has 0 fully saturated rings. The number of phosphoric acid groups is 1. The first kappa shape index (κ1) is 81.2. The third kappa shape index (κ3) is 64.5. The summed E-state index contributed by atoms with van der Waals surface area (Å²) >= 11 is 0. The molecule has 0 bridgehead atoms. The van der Waals surface area contributed by atoms with Crippen molar-refractivity contribution in [2.75, 3.05) is 40.9 Å². The molecular formula is C75H130N2O7P+. The van der Waals surface area contributed by atoms with Crippen LogP contribution in [0, 0.1) is 0 Å². The molecule has 85 heavy (non-hydrogen) atoms. The van der Waals surface area contributed by atoms with E-state index in [-0.39, 0.29) is 31.5 Å². The highest BCUT2D eigenvalue weighted by Crippen LogP contribution is 2.43. The zero-order chi connectivity index (χ0) is 62.1. The van der Waals surface area contributed by atoms with Crippen LogP contribution in [-0.2, 0) is 27.9 Å². The fraction of sp³-hybridized carbons (Fsp3) is 0.680. The zero-order valence-electron chi connectivity index (χ0n) is 55.6. The Morgan fingerprint density at radius 3 is 1.15 bits per heavy atom. The van der Waals surface area contributed by atoms with Crippen LogP contribution in [0.2, 0.25) is 0 Å². The van der Waals surface area contributed by atoms with Crippen molar-refractivity contribution in [3.8, 4) is 0 Å². The largest absolute Gasteiger partial charge is 0.472 e. The molecule has 0 aliphatic carbocycles. The molecule has 0 aromatic carbocycles. The summed E-state index contributed by atoms with van der Waals surface area (Å²) in [6.07, 6.45) is 90.2. The number of rotatable bonds is 61. The monoisotopic (exact) mass is 1200 g/mol. The predicted octanol–water partition coefficient (Wildman–Crippen LogP) is 22.0. The van der Waals surface area contributed by atoms with Gasteiger partial charge >= 0.3 is 13.8 Å². The molecule has 9 nitrogen and oxygen atoms in total. The number of carbonyl (C=O) groups is 2. The molecular weight excluding hydrogens is 1070 g/mol. The van der Waals surface area contributed by atoms with E-state index in [2.05, 4.69) is 148 Å². The van der Waals surface area contributed by atoms with Crippen molar-refractivity contribution in [3.05, 3.63) is 134 Å². The topological polar surface area (TPSA) is 111 Å². The smallest absolute Gasteiger partial charge is 0.456 e. The minimum atomic E-state index is -4.47. The molecule has 0 aliphatic heterocycles. The Balaban J connectivity index is 5.25. The molecule has 0 radical (unpaired) electrons. The zero-order valence-corrected chi connectivity index (χ0v) is 56.4. The molecule has 0 saturated heterocycles. The van der Waals surface area contributed by atoms with E-state index in [0.717, 1.165) is 154 Å². The van der Waals surface area contributed by atoms with Crippen LogP contribution in [0.25, 0.3) is 0 Å². The van der Waals surface area contributed by atoms with Gasteiger partial charge in [-0.15, -0.1) is 0 Å². The van der Waals surface area contributed by atoms with Crippen molar-refractivity contribution in [2.45, 2.75) is 290 Å². The number of phosphoric ester groups is 1. The van der Waals surface area contributed by atoms with E-state index in [1.807, 2.05) is 33.3 Å². The normalized spacial score (nSPS) is 14.4. The highest BCUT2D eigenvalue weighted by molar-refractivity contribution is 7.47. The van der Waals surface area contributed by atoms with E-state index < -0.39 is 20.0 Å². The lowest BCUT2D eigenvalue weighted by Gasteiger charge is -2.27. The van der Waals surface area contributed by atoms with Gasteiger partial charge in [0.15, 0.2) is 0 Å². The Morgan fingerprint density at radius 2 is 0.753 bits per heavy atom. The summed E-state index contributed by atoms with van der Waals surface area (Å²) in [7, 11) is 1.46. The molecule has 10 heteroatoms. The third-order valence-corrected chi connectivity index (χ3v) is 15.6. The molecule has 0 aliphatic rings. The molecule has 0 saturated carbocycles. The van der Waals surface area contributed by atoms with Crippen LogP contribution in [0.3, 0.4) is 0 Å². The number of hydrogen-bond acceptors (Lipinski definition) is 6. The molecule has 3 atom stereocenters. The van der Waals surface area contributed by atoms with Crippen LogP contribution < -0.4 is 5.32 Å². The summed E-state index contributed by atoms with van der Waals surface area (Å²) < 4.78 is 30.8.